The van der Waals surface area contributed by atoms with Crippen molar-refractivity contribution in [3.63, 3.8) is 0 Å². The van der Waals surface area contributed by atoms with E-state index in [1.165, 1.54) is 28.1 Å². The Kier molecular flexibility index (Phi) is 3.67. The number of anilines is 1. The second-order valence-electron chi connectivity index (χ2n) is 5.39. The molecule has 3 heteroatoms. The SMILES string of the molecule is CC1=C(C)C(c2ccc(C)c(NN)c2)C(C)=C(C)N1. The van der Waals surface area contributed by atoms with E-state index in [1.807, 2.05) is 0 Å². The molecule has 19 heavy (non-hydrogen) atoms. The van der Waals surface area contributed by atoms with Crippen LogP contribution in [0.5, 0.6) is 0 Å². The molecule has 1 aromatic rings. The first-order valence-corrected chi connectivity index (χ1v) is 6.64. The van der Waals surface area contributed by atoms with Crippen molar-refractivity contribution in [1.29, 1.82) is 0 Å². The number of nitrogen functional groups attached to an aromatic ring is 1. The number of hydrazine groups is 1. The first-order chi connectivity index (χ1) is 8.95. The second kappa shape index (κ2) is 5.10. The lowest BCUT2D eigenvalue weighted by atomic mass is 9.82. The molecule has 0 spiro atoms. The maximum Gasteiger partial charge on any atom is 0.0517 e. The van der Waals surface area contributed by atoms with Crippen LogP contribution in [-0.4, -0.2) is 0 Å². The normalized spacial score (nSPS) is 16.7. The molecule has 0 aromatic heterocycles. The molecule has 0 saturated carbocycles. The molecule has 0 unspecified atom stereocenters. The maximum atomic E-state index is 5.59. The molecule has 0 bridgehead atoms. The van der Waals surface area contributed by atoms with Gasteiger partial charge in [-0.1, -0.05) is 12.1 Å². The lowest BCUT2D eigenvalue weighted by Crippen LogP contribution is -2.22. The van der Waals surface area contributed by atoms with E-state index in [1.54, 1.807) is 0 Å². The highest BCUT2D eigenvalue weighted by atomic mass is 15.2. The molecular weight excluding hydrogens is 234 g/mol. The smallest absolute Gasteiger partial charge is 0.0517 e. The summed E-state index contributed by atoms with van der Waals surface area (Å²) < 4.78 is 0. The highest BCUT2D eigenvalue weighted by Gasteiger charge is 2.23. The van der Waals surface area contributed by atoms with Crippen molar-refractivity contribution in [3.05, 3.63) is 51.9 Å². The third kappa shape index (κ3) is 2.38. The summed E-state index contributed by atoms with van der Waals surface area (Å²) in [5.41, 5.74) is 11.5. The first kappa shape index (κ1) is 13.7. The van der Waals surface area contributed by atoms with E-state index < -0.39 is 0 Å². The molecule has 1 heterocycles. The van der Waals surface area contributed by atoms with Gasteiger partial charge in [0.1, 0.15) is 0 Å². The van der Waals surface area contributed by atoms with E-state index in [0.717, 1.165) is 11.3 Å². The Morgan fingerprint density at radius 1 is 1.00 bits per heavy atom. The highest BCUT2D eigenvalue weighted by molar-refractivity contribution is 5.55. The molecule has 4 N–H and O–H groups in total. The third-order valence-corrected chi connectivity index (χ3v) is 4.17. The van der Waals surface area contributed by atoms with Crippen molar-refractivity contribution in [1.82, 2.24) is 5.32 Å². The number of nitrogens with one attached hydrogen (secondary N) is 2. The summed E-state index contributed by atoms with van der Waals surface area (Å²) in [6.07, 6.45) is 0. The molecule has 0 fully saturated rings. The summed E-state index contributed by atoms with van der Waals surface area (Å²) in [7, 11) is 0. The van der Waals surface area contributed by atoms with E-state index in [-0.39, 0.29) is 0 Å². The highest BCUT2D eigenvalue weighted by Crippen LogP contribution is 2.38. The van der Waals surface area contributed by atoms with Gasteiger partial charge in [0.25, 0.3) is 0 Å². The van der Waals surface area contributed by atoms with E-state index in [2.05, 4.69) is 63.6 Å². The average Bonchev–Trinajstić information content (AvgIpc) is 2.38. The minimum atomic E-state index is 0.342. The first-order valence-electron chi connectivity index (χ1n) is 6.64. The lowest BCUT2D eigenvalue weighted by Gasteiger charge is -2.30. The monoisotopic (exact) mass is 257 g/mol. The quantitative estimate of drug-likeness (QED) is 0.561. The number of rotatable bonds is 2. The third-order valence-electron chi connectivity index (χ3n) is 4.17. The fourth-order valence-corrected chi connectivity index (χ4v) is 2.71. The molecule has 0 radical (unpaired) electrons. The van der Waals surface area contributed by atoms with E-state index in [0.29, 0.717) is 5.92 Å². The van der Waals surface area contributed by atoms with Crippen molar-refractivity contribution in [2.75, 3.05) is 5.43 Å². The van der Waals surface area contributed by atoms with Crippen LogP contribution in [0.4, 0.5) is 5.69 Å². The van der Waals surface area contributed by atoms with E-state index in [4.69, 9.17) is 5.84 Å². The van der Waals surface area contributed by atoms with Crippen LogP contribution < -0.4 is 16.6 Å². The Labute approximate surface area is 115 Å². The minimum Gasteiger partial charge on any atom is -0.363 e. The van der Waals surface area contributed by atoms with E-state index in [9.17, 15) is 0 Å². The zero-order chi connectivity index (χ0) is 14.2. The number of aryl methyl sites for hydroxylation is 1. The Hall–Kier alpha value is -1.74. The van der Waals surface area contributed by atoms with Crippen molar-refractivity contribution in [3.8, 4) is 0 Å². The molecule has 0 amide bonds. The number of hydrogen-bond donors (Lipinski definition) is 3. The molecule has 1 aliphatic rings. The average molecular weight is 257 g/mol. The zero-order valence-electron chi connectivity index (χ0n) is 12.4. The van der Waals surface area contributed by atoms with Gasteiger partial charge in [0.2, 0.25) is 0 Å². The van der Waals surface area contributed by atoms with Crippen LogP contribution in [-0.2, 0) is 0 Å². The second-order valence-corrected chi connectivity index (χ2v) is 5.39. The molecular formula is C16H23N3. The van der Waals surface area contributed by atoms with E-state index >= 15 is 0 Å². The Morgan fingerprint density at radius 3 is 2.11 bits per heavy atom. The fraction of sp³-hybridized carbons (Fsp3) is 0.375. The van der Waals surface area contributed by atoms with Crippen LogP contribution in [0.1, 0.15) is 44.7 Å². The molecule has 0 aliphatic carbocycles. The van der Waals surface area contributed by atoms with Crippen LogP contribution in [0.25, 0.3) is 0 Å². The van der Waals surface area contributed by atoms with Crippen LogP contribution in [0.3, 0.4) is 0 Å². The molecule has 2 rings (SSSR count). The summed E-state index contributed by atoms with van der Waals surface area (Å²) in [5, 5.41) is 3.44. The Balaban J connectivity index is 2.53. The van der Waals surface area contributed by atoms with Gasteiger partial charge in [-0.25, -0.2) is 0 Å². The minimum absolute atomic E-state index is 0.342. The number of benzene rings is 1. The molecule has 0 atom stereocenters. The Bertz CT molecular complexity index is 543. The predicted octanol–water partition coefficient (Wildman–Crippen LogP) is 3.56. The zero-order valence-corrected chi connectivity index (χ0v) is 12.4. The van der Waals surface area contributed by atoms with Crippen molar-refractivity contribution in [2.24, 2.45) is 5.84 Å². The number of allylic oxidation sites excluding steroid dienone is 4. The molecule has 0 saturated heterocycles. The standard InChI is InChI=1S/C16H23N3/c1-9-6-7-14(8-15(9)19-17)16-10(2)12(4)18-13(5)11(16)3/h6-8,16,18-19H,17H2,1-5H3. The van der Waals surface area contributed by atoms with Gasteiger partial charge in [0, 0.05) is 17.3 Å². The predicted molar refractivity (Wildman–Crippen MR) is 81.6 cm³/mol. The van der Waals surface area contributed by atoms with Gasteiger partial charge in [0.15, 0.2) is 0 Å². The lowest BCUT2D eigenvalue weighted by molar-refractivity contribution is 0.772. The van der Waals surface area contributed by atoms with Crippen LogP contribution >= 0.6 is 0 Å². The van der Waals surface area contributed by atoms with Gasteiger partial charge in [-0.05, 0) is 63.0 Å². The largest absolute Gasteiger partial charge is 0.363 e. The molecule has 3 nitrogen and oxygen atoms in total. The molecule has 102 valence electrons. The molecule has 1 aromatic carbocycles. The van der Waals surface area contributed by atoms with Crippen LogP contribution in [0.15, 0.2) is 40.7 Å². The van der Waals surface area contributed by atoms with Crippen molar-refractivity contribution >= 4 is 5.69 Å². The summed E-state index contributed by atoms with van der Waals surface area (Å²) in [6.45, 7) is 10.7. The summed E-state index contributed by atoms with van der Waals surface area (Å²) in [6, 6.07) is 6.47. The summed E-state index contributed by atoms with van der Waals surface area (Å²) in [4.78, 5) is 0. The van der Waals surface area contributed by atoms with Gasteiger partial charge in [-0.2, -0.15) is 0 Å². The van der Waals surface area contributed by atoms with Crippen LogP contribution in [0.2, 0.25) is 0 Å². The van der Waals surface area contributed by atoms with Gasteiger partial charge in [-0.3, -0.25) is 5.84 Å². The van der Waals surface area contributed by atoms with Crippen molar-refractivity contribution < 1.29 is 0 Å². The fourth-order valence-electron chi connectivity index (χ4n) is 2.71. The molecule has 1 aliphatic heterocycles. The van der Waals surface area contributed by atoms with Gasteiger partial charge in [-0.15, -0.1) is 0 Å². The summed E-state index contributed by atoms with van der Waals surface area (Å²) in [5.74, 6) is 5.93. The van der Waals surface area contributed by atoms with Gasteiger partial charge >= 0.3 is 0 Å². The number of nitrogens with two attached hydrogens (primary N) is 1. The number of hydrogen-bond acceptors (Lipinski definition) is 3. The summed E-state index contributed by atoms with van der Waals surface area (Å²) >= 11 is 0. The number of dihydropyridines is 1. The van der Waals surface area contributed by atoms with Gasteiger partial charge in [0.05, 0.1) is 5.69 Å². The Morgan fingerprint density at radius 2 is 1.58 bits per heavy atom. The van der Waals surface area contributed by atoms with Crippen LogP contribution in [0, 0.1) is 6.92 Å². The van der Waals surface area contributed by atoms with Gasteiger partial charge < -0.3 is 10.7 Å². The van der Waals surface area contributed by atoms with Crippen molar-refractivity contribution in [2.45, 2.75) is 40.5 Å². The topological polar surface area (TPSA) is 50.1 Å². The maximum absolute atomic E-state index is 5.59.